The molecule has 3 aromatic carbocycles. The number of nitro groups is 2. The highest BCUT2D eigenvalue weighted by Gasteiger charge is 2.27. The van der Waals surface area contributed by atoms with Gasteiger partial charge in [0.15, 0.2) is 11.6 Å². The normalized spacial score (nSPS) is 10.6. The fraction of sp³-hybridized carbons (Fsp3) is 0.130. The Bertz CT molecular complexity index is 1380. The lowest BCUT2D eigenvalue weighted by molar-refractivity contribution is -0.422. The van der Waals surface area contributed by atoms with Crippen LogP contribution in [0.5, 0.6) is 5.75 Å². The van der Waals surface area contributed by atoms with Crippen LogP contribution in [0.15, 0.2) is 66.7 Å². The van der Waals surface area contributed by atoms with E-state index in [1.807, 2.05) is 54.3 Å². The summed E-state index contributed by atoms with van der Waals surface area (Å²) in [5, 5.41) is 26.1. The Balaban J connectivity index is 1.97. The van der Waals surface area contributed by atoms with Crippen LogP contribution in [0.1, 0.15) is 6.92 Å². The molecule has 0 saturated carbocycles. The van der Waals surface area contributed by atoms with Crippen molar-refractivity contribution in [1.29, 1.82) is 0 Å². The van der Waals surface area contributed by atoms with E-state index in [9.17, 15) is 20.2 Å². The SMILES string of the molecule is CCN(c1ccccc1)c1nc2cc([N+](=O)[O-])c([N+](=O)[O-])cc2nc1Nc1ccccc1OC. The van der Waals surface area contributed by atoms with Gasteiger partial charge in [0.2, 0.25) is 0 Å². The fourth-order valence-corrected chi connectivity index (χ4v) is 3.57. The van der Waals surface area contributed by atoms with E-state index in [4.69, 9.17) is 4.74 Å². The van der Waals surface area contributed by atoms with Crippen LogP contribution in [-0.4, -0.2) is 33.5 Å². The van der Waals surface area contributed by atoms with Crippen LogP contribution in [0.4, 0.5) is 34.4 Å². The molecular weight excluding hydrogens is 440 g/mol. The van der Waals surface area contributed by atoms with Crippen molar-refractivity contribution in [2.75, 3.05) is 23.9 Å². The summed E-state index contributed by atoms with van der Waals surface area (Å²) in [6, 6.07) is 18.8. The second-order valence-corrected chi connectivity index (χ2v) is 7.14. The molecule has 11 heteroatoms. The third-order valence-corrected chi connectivity index (χ3v) is 5.14. The molecule has 34 heavy (non-hydrogen) atoms. The number of nitrogens with zero attached hydrogens (tertiary/aromatic N) is 5. The molecule has 0 saturated heterocycles. The number of ether oxygens (including phenoxy) is 1. The molecule has 0 fully saturated rings. The van der Waals surface area contributed by atoms with Crippen molar-refractivity contribution < 1.29 is 14.6 Å². The Morgan fingerprint density at radius 3 is 2.09 bits per heavy atom. The summed E-state index contributed by atoms with van der Waals surface area (Å²) in [6.07, 6.45) is 0. The largest absolute Gasteiger partial charge is 0.495 e. The summed E-state index contributed by atoms with van der Waals surface area (Å²) in [6.45, 7) is 2.45. The van der Waals surface area contributed by atoms with E-state index < -0.39 is 21.2 Å². The number of methoxy groups -OCH3 is 1. The molecular formula is C23H20N6O5. The van der Waals surface area contributed by atoms with Gasteiger partial charge in [-0.05, 0) is 31.2 Å². The predicted octanol–water partition coefficient (Wildman–Crippen LogP) is 5.36. The van der Waals surface area contributed by atoms with Crippen molar-refractivity contribution in [3.8, 4) is 5.75 Å². The molecule has 1 N–H and O–H groups in total. The van der Waals surface area contributed by atoms with E-state index in [1.54, 1.807) is 12.1 Å². The molecule has 0 atom stereocenters. The topological polar surface area (TPSA) is 137 Å². The second-order valence-electron chi connectivity index (χ2n) is 7.14. The molecule has 0 spiro atoms. The van der Waals surface area contributed by atoms with Gasteiger partial charge < -0.3 is 15.0 Å². The van der Waals surface area contributed by atoms with Crippen LogP contribution in [0.3, 0.4) is 0 Å². The Morgan fingerprint density at radius 1 is 0.912 bits per heavy atom. The van der Waals surface area contributed by atoms with Crippen LogP contribution in [0.2, 0.25) is 0 Å². The average molecular weight is 460 g/mol. The number of nitro benzene ring substituents is 2. The summed E-state index contributed by atoms with van der Waals surface area (Å²) >= 11 is 0. The van der Waals surface area contributed by atoms with Gasteiger partial charge in [0, 0.05) is 12.2 Å². The lowest BCUT2D eigenvalue weighted by Gasteiger charge is -2.25. The van der Waals surface area contributed by atoms with Gasteiger partial charge in [-0.3, -0.25) is 20.2 Å². The van der Waals surface area contributed by atoms with Gasteiger partial charge in [-0.25, -0.2) is 9.97 Å². The molecule has 0 aliphatic carbocycles. The van der Waals surface area contributed by atoms with Crippen molar-refractivity contribution in [3.63, 3.8) is 0 Å². The van der Waals surface area contributed by atoms with E-state index in [2.05, 4.69) is 15.3 Å². The Morgan fingerprint density at radius 2 is 1.50 bits per heavy atom. The van der Waals surface area contributed by atoms with E-state index in [0.717, 1.165) is 17.8 Å². The van der Waals surface area contributed by atoms with Gasteiger partial charge in [-0.15, -0.1) is 0 Å². The van der Waals surface area contributed by atoms with Crippen LogP contribution >= 0.6 is 0 Å². The minimum absolute atomic E-state index is 0.141. The van der Waals surface area contributed by atoms with E-state index in [1.165, 1.54) is 7.11 Å². The molecule has 0 radical (unpaired) electrons. The third-order valence-electron chi connectivity index (χ3n) is 5.14. The fourth-order valence-electron chi connectivity index (χ4n) is 3.57. The average Bonchev–Trinajstić information content (AvgIpc) is 2.84. The number of hydrogen-bond acceptors (Lipinski definition) is 9. The van der Waals surface area contributed by atoms with Crippen molar-refractivity contribution in [1.82, 2.24) is 9.97 Å². The highest BCUT2D eigenvalue weighted by Crippen LogP contribution is 2.37. The number of hydrogen-bond donors (Lipinski definition) is 1. The van der Waals surface area contributed by atoms with Crippen LogP contribution in [-0.2, 0) is 0 Å². The number of anilines is 4. The van der Waals surface area contributed by atoms with Gasteiger partial charge >= 0.3 is 11.4 Å². The van der Waals surface area contributed by atoms with Gasteiger partial charge in [-0.1, -0.05) is 30.3 Å². The first-order chi connectivity index (χ1) is 16.4. The summed E-state index contributed by atoms with van der Waals surface area (Å²) in [7, 11) is 1.54. The summed E-state index contributed by atoms with van der Waals surface area (Å²) in [4.78, 5) is 32.4. The Labute approximate surface area is 193 Å². The maximum atomic E-state index is 11.5. The molecule has 0 unspecified atom stereocenters. The minimum atomic E-state index is -0.803. The number of para-hydroxylation sites is 3. The summed E-state index contributed by atoms with van der Waals surface area (Å²) in [5.74, 6) is 1.27. The Kier molecular flexibility index (Phi) is 6.17. The van der Waals surface area contributed by atoms with E-state index in [0.29, 0.717) is 29.6 Å². The quantitative estimate of drug-likeness (QED) is 0.272. The summed E-state index contributed by atoms with van der Waals surface area (Å²) < 4.78 is 5.42. The zero-order chi connectivity index (χ0) is 24.2. The van der Waals surface area contributed by atoms with Crippen molar-refractivity contribution in [3.05, 3.63) is 87.0 Å². The standard InChI is InChI=1S/C23H20N6O5/c1-3-27(15-9-5-4-6-10-15)23-22(24-16-11-7-8-12-21(16)34-2)25-17-13-19(28(30)31)20(29(32)33)14-18(17)26-23/h4-14H,3H2,1-2H3,(H,24,25). The molecule has 1 aromatic heterocycles. The highest BCUT2D eigenvalue weighted by atomic mass is 16.6. The lowest BCUT2D eigenvalue weighted by Crippen LogP contribution is -2.19. The molecule has 11 nitrogen and oxygen atoms in total. The summed E-state index contributed by atoms with van der Waals surface area (Å²) in [5.41, 5.74) is 0.442. The molecule has 4 rings (SSSR count). The first kappa shape index (κ1) is 22.4. The lowest BCUT2D eigenvalue weighted by atomic mass is 10.2. The van der Waals surface area contributed by atoms with Crippen molar-refractivity contribution >= 4 is 45.4 Å². The van der Waals surface area contributed by atoms with E-state index in [-0.39, 0.29) is 11.0 Å². The molecule has 0 bridgehead atoms. The maximum Gasteiger partial charge on any atom is 0.348 e. The molecule has 0 aliphatic rings. The molecule has 0 aliphatic heterocycles. The number of aromatic nitrogens is 2. The van der Waals surface area contributed by atoms with Crippen molar-refractivity contribution in [2.24, 2.45) is 0 Å². The number of rotatable bonds is 8. The van der Waals surface area contributed by atoms with Crippen LogP contribution in [0, 0.1) is 20.2 Å². The zero-order valence-corrected chi connectivity index (χ0v) is 18.3. The van der Waals surface area contributed by atoms with Crippen LogP contribution < -0.4 is 15.0 Å². The Hall–Kier alpha value is -4.80. The number of fused-ring (bicyclic) bond motifs is 1. The number of nitrogens with one attached hydrogen (secondary N) is 1. The van der Waals surface area contributed by atoms with Gasteiger partial charge in [0.25, 0.3) is 0 Å². The zero-order valence-electron chi connectivity index (χ0n) is 18.3. The third kappa shape index (κ3) is 4.26. The monoisotopic (exact) mass is 460 g/mol. The molecule has 4 aromatic rings. The smallest absolute Gasteiger partial charge is 0.348 e. The van der Waals surface area contributed by atoms with Crippen molar-refractivity contribution in [2.45, 2.75) is 6.92 Å². The predicted molar refractivity (Wildman–Crippen MR) is 128 cm³/mol. The van der Waals surface area contributed by atoms with Gasteiger partial charge in [0.1, 0.15) is 5.75 Å². The maximum absolute atomic E-state index is 11.5. The molecule has 172 valence electrons. The van der Waals surface area contributed by atoms with Gasteiger partial charge in [-0.2, -0.15) is 0 Å². The van der Waals surface area contributed by atoms with Gasteiger partial charge in [0.05, 0.1) is 45.8 Å². The molecule has 0 amide bonds. The first-order valence-electron chi connectivity index (χ1n) is 10.3. The number of benzene rings is 3. The van der Waals surface area contributed by atoms with E-state index >= 15 is 0 Å². The second kappa shape index (κ2) is 9.36. The first-order valence-corrected chi connectivity index (χ1v) is 10.3. The minimum Gasteiger partial charge on any atom is -0.495 e. The highest BCUT2D eigenvalue weighted by molar-refractivity contribution is 5.88. The van der Waals surface area contributed by atoms with Crippen LogP contribution in [0.25, 0.3) is 11.0 Å². The molecule has 1 heterocycles.